The Morgan fingerprint density at radius 2 is 1.71 bits per heavy atom. The summed E-state index contributed by atoms with van der Waals surface area (Å²) in [4.78, 5) is 28.2. The van der Waals surface area contributed by atoms with Crippen LogP contribution in [0.25, 0.3) is 6.08 Å². The van der Waals surface area contributed by atoms with Crippen LogP contribution in [0.1, 0.15) is 27.4 Å². The fourth-order valence-electron chi connectivity index (χ4n) is 5.27. The zero-order chi connectivity index (χ0) is 24.7. The molecule has 0 spiro atoms. The Kier molecular flexibility index (Phi) is 5.94. The predicted octanol–water partition coefficient (Wildman–Crippen LogP) is 5.25. The van der Waals surface area contributed by atoms with E-state index in [1.165, 1.54) is 14.2 Å². The minimum Gasteiger partial charge on any atom is -0.493 e. The molecule has 0 saturated carbocycles. The lowest BCUT2D eigenvalue weighted by molar-refractivity contribution is -0.524. The number of hydrogen-bond acceptors (Lipinski definition) is 6. The van der Waals surface area contributed by atoms with E-state index in [0.29, 0.717) is 27.6 Å². The molecule has 0 aromatic heterocycles. The smallest absolute Gasteiger partial charge is 0.245 e. The third kappa shape index (κ3) is 3.82. The van der Waals surface area contributed by atoms with E-state index in [4.69, 9.17) is 21.1 Å². The molecule has 0 aliphatic carbocycles. The van der Waals surface area contributed by atoms with Crippen LogP contribution in [0.15, 0.2) is 72.8 Å². The number of halogens is 1. The predicted molar refractivity (Wildman–Crippen MR) is 134 cm³/mol. The second-order valence-electron chi connectivity index (χ2n) is 8.55. The van der Waals surface area contributed by atoms with Gasteiger partial charge in [-0.1, -0.05) is 48.0 Å². The van der Waals surface area contributed by atoms with Gasteiger partial charge in [0.1, 0.15) is 12.1 Å². The fraction of sp³-hybridized carbons (Fsp3) is 0.222. The molecule has 2 aliphatic rings. The summed E-state index contributed by atoms with van der Waals surface area (Å²) in [6.07, 6.45) is 3.73. The number of nitro groups is 1. The molecule has 2 heterocycles. The quantitative estimate of drug-likeness (QED) is 0.266. The summed E-state index contributed by atoms with van der Waals surface area (Å²) in [6, 6.07) is 17.0. The van der Waals surface area contributed by atoms with Crippen LogP contribution in [-0.2, 0) is 0 Å². The average Bonchev–Trinajstić information content (AvgIpc) is 3.24. The molecule has 0 amide bonds. The zero-order valence-corrected chi connectivity index (χ0v) is 19.9. The molecule has 7 nitrogen and oxygen atoms in total. The van der Waals surface area contributed by atoms with Gasteiger partial charge >= 0.3 is 0 Å². The molecule has 178 valence electrons. The second-order valence-corrected chi connectivity index (χ2v) is 8.98. The summed E-state index contributed by atoms with van der Waals surface area (Å²) < 4.78 is 10.8. The lowest BCUT2D eigenvalue weighted by Crippen LogP contribution is -2.44. The summed E-state index contributed by atoms with van der Waals surface area (Å²) in [5.41, 5.74) is 2.78. The minimum atomic E-state index is -1.06. The molecule has 0 radical (unpaired) electrons. The van der Waals surface area contributed by atoms with Gasteiger partial charge in [-0.25, -0.2) is 0 Å². The van der Waals surface area contributed by atoms with Gasteiger partial charge in [-0.3, -0.25) is 14.9 Å². The second kappa shape index (κ2) is 9.07. The number of para-hydroxylation sites is 1. The molecule has 5 rings (SSSR count). The molecule has 1 fully saturated rings. The molecule has 4 atom stereocenters. The van der Waals surface area contributed by atoms with Crippen molar-refractivity contribution in [2.24, 2.45) is 0 Å². The number of ketones is 1. The van der Waals surface area contributed by atoms with Crippen molar-refractivity contribution in [2.45, 2.75) is 24.0 Å². The number of hydrogen-bond donors (Lipinski definition) is 0. The maximum Gasteiger partial charge on any atom is 0.245 e. The van der Waals surface area contributed by atoms with Gasteiger partial charge in [0.2, 0.25) is 6.04 Å². The van der Waals surface area contributed by atoms with Crippen LogP contribution in [0.4, 0.5) is 5.69 Å². The van der Waals surface area contributed by atoms with Gasteiger partial charge in [0.15, 0.2) is 17.3 Å². The number of methoxy groups -OCH3 is 2. The number of ether oxygens (including phenoxy) is 2. The van der Waals surface area contributed by atoms with Crippen LogP contribution < -0.4 is 14.4 Å². The van der Waals surface area contributed by atoms with Crippen molar-refractivity contribution in [1.29, 1.82) is 0 Å². The largest absolute Gasteiger partial charge is 0.493 e. The van der Waals surface area contributed by atoms with Crippen molar-refractivity contribution >= 4 is 29.1 Å². The van der Waals surface area contributed by atoms with E-state index < -0.39 is 24.0 Å². The van der Waals surface area contributed by atoms with Crippen LogP contribution in [-0.4, -0.2) is 43.1 Å². The highest BCUT2D eigenvalue weighted by atomic mass is 35.5. The Labute approximate surface area is 207 Å². The zero-order valence-electron chi connectivity index (χ0n) is 19.1. The molecular weight excluding hydrogens is 468 g/mol. The SMILES string of the molecule is COc1ccc([C@H]2[C@H]([N+](=O)[O-])[C@@H]3C=Cc4ccccc4N3[C@@H]2C(=O)c2ccc(Cl)cc2)cc1OC. The van der Waals surface area contributed by atoms with Crippen molar-refractivity contribution < 1.29 is 19.2 Å². The standard InChI is InChI=1S/C27H23ClN2O5/c1-34-22-14-10-18(15-23(22)35-2)24-25(30(32)33)21-13-9-16-5-3-4-6-20(16)29(21)26(24)27(31)17-7-11-19(28)12-8-17/h3-15,21,24-26H,1-2H3/t21-,24-,25+,26-/m0/s1. The highest BCUT2D eigenvalue weighted by Crippen LogP contribution is 2.48. The highest BCUT2D eigenvalue weighted by molar-refractivity contribution is 6.30. The average molecular weight is 491 g/mol. The normalized spacial score (nSPS) is 22.3. The molecule has 8 heteroatoms. The molecule has 0 bridgehead atoms. The Balaban J connectivity index is 1.72. The van der Waals surface area contributed by atoms with Gasteiger partial charge in [0.25, 0.3) is 0 Å². The fourth-order valence-corrected chi connectivity index (χ4v) is 5.40. The maximum atomic E-state index is 14.1. The molecule has 2 aliphatic heterocycles. The van der Waals surface area contributed by atoms with Gasteiger partial charge in [0.05, 0.1) is 20.1 Å². The minimum absolute atomic E-state index is 0.207. The maximum absolute atomic E-state index is 14.1. The molecule has 0 N–H and O–H groups in total. The Hall–Kier alpha value is -3.84. The van der Waals surface area contributed by atoms with E-state index in [-0.39, 0.29) is 10.7 Å². The number of benzene rings is 3. The Morgan fingerprint density at radius 3 is 2.40 bits per heavy atom. The number of fused-ring (bicyclic) bond motifs is 3. The lowest BCUT2D eigenvalue weighted by atomic mass is 9.83. The molecule has 3 aromatic rings. The van der Waals surface area contributed by atoms with Crippen LogP contribution in [0.5, 0.6) is 11.5 Å². The summed E-state index contributed by atoms with van der Waals surface area (Å²) in [7, 11) is 3.04. The third-order valence-corrected chi connectivity index (χ3v) is 7.05. The van der Waals surface area contributed by atoms with Crippen LogP contribution >= 0.6 is 11.6 Å². The van der Waals surface area contributed by atoms with Gasteiger partial charge in [-0.05, 0) is 53.6 Å². The summed E-state index contributed by atoms with van der Waals surface area (Å²) in [5, 5.41) is 13.1. The van der Waals surface area contributed by atoms with E-state index in [0.717, 1.165) is 11.3 Å². The molecular formula is C27H23ClN2O5. The number of carbonyl (C=O) groups excluding carboxylic acids is 1. The molecule has 0 unspecified atom stereocenters. The number of Topliss-reactive ketones (excluding diaryl/α,β-unsaturated/α-hetero) is 1. The van der Waals surface area contributed by atoms with E-state index >= 15 is 0 Å². The summed E-state index contributed by atoms with van der Waals surface area (Å²) in [5.74, 6) is 0.00995. The van der Waals surface area contributed by atoms with Gasteiger partial charge in [-0.2, -0.15) is 0 Å². The van der Waals surface area contributed by atoms with Crippen molar-refractivity contribution in [3.63, 3.8) is 0 Å². The highest BCUT2D eigenvalue weighted by Gasteiger charge is 2.59. The Bertz CT molecular complexity index is 1320. The van der Waals surface area contributed by atoms with Crippen molar-refractivity contribution in [1.82, 2.24) is 0 Å². The summed E-state index contributed by atoms with van der Waals surface area (Å²) >= 11 is 6.06. The summed E-state index contributed by atoms with van der Waals surface area (Å²) in [6.45, 7) is 0. The topological polar surface area (TPSA) is 81.9 Å². The van der Waals surface area contributed by atoms with E-state index in [1.54, 1.807) is 42.5 Å². The first kappa shape index (κ1) is 22.9. The van der Waals surface area contributed by atoms with Crippen molar-refractivity contribution in [3.05, 3.63) is 105 Å². The monoisotopic (exact) mass is 490 g/mol. The van der Waals surface area contributed by atoms with Gasteiger partial charge < -0.3 is 14.4 Å². The van der Waals surface area contributed by atoms with E-state index in [9.17, 15) is 14.9 Å². The van der Waals surface area contributed by atoms with Crippen LogP contribution in [0.3, 0.4) is 0 Å². The first-order valence-corrected chi connectivity index (χ1v) is 11.5. The third-order valence-electron chi connectivity index (χ3n) is 6.80. The molecule has 35 heavy (non-hydrogen) atoms. The number of anilines is 1. The van der Waals surface area contributed by atoms with E-state index in [1.807, 2.05) is 41.3 Å². The number of rotatable bonds is 6. The molecule has 1 saturated heterocycles. The van der Waals surface area contributed by atoms with Crippen LogP contribution in [0.2, 0.25) is 5.02 Å². The van der Waals surface area contributed by atoms with E-state index in [2.05, 4.69) is 0 Å². The van der Waals surface area contributed by atoms with Crippen molar-refractivity contribution in [3.8, 4) is 11.5 Å². The number of nitrogens with zero attached hydrogens (tertiary/aromatic N) is 2. The van der Waals surface area contributed by atoms with Crippen molar-refractivity contribution in [2.75, 3.05) is 19.1 Å². The molecule has 3 aromatic carbocycles. The van der Waals surface area contributed by atoms with Crippen LogP contribution in [0, 0.1) is 10.1 Å². The number of carbonyl (C=O) groups is 1. The first-order valence-electron chi connectivity index (χ1n) is 11.2. The Morgan fingerprint density at radius 1 is 1.00 bits per heavy atom. The van der Waals surface area contributed by atoms with Gasteiger partial charge in [0, 0.05) is 21.2 Å². The van der Waals surface area contributed by atoms with Gasteiger partial charge in [-0.15, -0.1) is 0 Å². The first-order chi connectivity index (χ1) is 16.9. The lowest BCUT2D eigenvalue weighted by Gasteiger charge is -2.34.